The van der Waals surface area contributed by atoms with Crippen LogP contribution in [0.4, 0.5) is 0 Å². The third-order valence-corrected chi connectivity index (χ3v) is 4.33. The molecular formula is C18H23N4O2+. The molecule has 24 heavy (non-hydrogen) atoms. The predicted molar refractivity (Wildman–Crippen MR) is 91.9 cm³/mol. The number of aromatic hydroxyl groups is 1. The Bertz CT molecular complexity index is 892. The Balaban J connectivity index is 1.65. The molecule has 6 nitrogen and oxygen atoms in total. The maximum Gasteiger partial charge on any atom is 0.267 e. The van der Waals surface area contributed by atoms with Gasteiger partial charge in [0.2, 0.25) is 6.33 Å². The minimum atomic E-state index is -0.121. The summed E-state index contributed by atoms with van der Waals surface area (Å²) in [4.78, 5) is 12.4. The van der Waals surface area contributed by atoms with Crippen LogP contribution in [0.1, 0.15) is 22.5 Å². The molecule has 0 spiro atoms. The molecule has 6 heteroatoms. The zero-order valence-electron chi connectivity index (χ0n) is 14.3. The van der Waals surface area contributed by atoms with Crippen molar-refractivity contribution in [3.05, 3.63) is 48.2 Å². The van der Waals surface area contributed by atoms with Gasteiger partial charge in [0.25, 0.3) is 5.91 Å². The zero-order chi connectivity index (χ0) is 17.3. The number of benzene rings is 1. The topological polar surface area (TPSA) is 63.1 Å². The molecule has 0 atom stereocenters. The highest BCUT2D eigenvalue weighted by Crippen LogP contribution is 2.30. The number of aromatic nitrogens is 3. The summed E-state index contributed by atoms with van der Waals surface area (Å²) in [6.07, 6.45) is 6.87. The van der Waals surface area contributed by atoms with E-state index in [1.165, 1.54) is 0 Å². The van der Waals surface area contributed by atoms with E-state index >= 15 is 0 Å². The Kier molecular flexibility index (Phi) is 4.29. The van der Waals surface area contributed by atoms with Crippen molar-refractivity contribution in [1.82, 2.24) is 14.5 Å². The Morgan fingerprint density at radius 2 is 2.17 bits per heavy atom. The van der Waals surface area contributed by atoms with Gasteiger partial charge >= 0.3 is 0 Å². The minimum absolute atomic E-state index is 0.121. The standard InChI is InChI=1S/C18H22N4O2/c1-13-5-6-15-14(17(13)23)11-16(21(15)3)18(24)19-7-4-8-22-10-9-20(2)12-22/h5-6,9-12H,4,7-8H2,1-3H3,(H-,19,23,24)/p+1. The van der Waals surface area contributed by atoms with E-state index < -0.39 is 0 Å². The SMILES string of the molecule is Cc1ccc2c(cc(C(=O)NCCCn3cc[n+](C)c3)n2C)c1O. The highest BCUT2D eigenvalue weighted by atomic mass is 16.3. The van der Waals surface area contributed by atoms with E-state index in [1.54, 1.807) is 6.07 Å². The van der Waals surface area contributed by atoms with Crippen molar-refractivity contribution >= 4 is 16.8 Å². The van der Waals surface area contributed by atoms with Gasteiger partial charge in [0.05, 0.1) is 19.1 Å². The van der Waals surface area contributed by atoms with Crippen LogP contribution in [-0.2, 0) is 20.6 Å². The molecule has 0 unspecified atom stereocenters. The van der Waals surface area contributed by atoms with Gasteiger partial charge in [-0.25, -0.2) is 9.13 Å². The second kappa shape index (κ2) is 6.39. The van der Waals surface area contributed by atoms with E-state index in [1.807, 2.05) is 61.0 Å². The summed E-state index contributed by atoms with van der Waals surface area (Å²) in [6, 6.07) is 5.53. The molecular weight excluding hydrogens is 304 g/mol. The molecule has 0 bridgehead atoms. The van der Waals surface area contributed by atoms with Gasteiger partial charge in [-0.3, -0.25) is 4.79 Å². The molecule has 0 aliphatic rings. The van der Waals surface area contributed by atoms with Crippen molar-refractivity contribution in [2.75, 3.05) is 6.54 Å². The first kappa shape index (κ1) is 16.1. The van der Waals surface area contributed by atoms with Crippen molar-refractivity contribution in [1.29, 1.82) is 0 Å². The van der Waals surface area contributed by atoms with Crippen LogP contribution in [0.2, 0.25) is 0 Å². The number of hydrogen-bond donors (Lipinski definition) is 2. The lowest BCUT2D eigenvalue weighted by atomic mass is 10.1. The van der Waals surface area contributed by atoms with Gasteiger partial charge in [0.1, 0.15) is 23.8 Å². The first-order valence-electron chi connectivity index (χ1n) is 8.04. The van der Waals surface area contributed by atoms with Crippen LogP contribution in [0.15, 0.2) is 36.9 Å². The highest BCUT2D eigenvalue weighted by Gasteiger charge is 2.15. The number of fused-ring (bicyclic) bond motifs is 1. The monoisotopic (exact) mass is 327 g/mol. The average molecular weight is 327 g/mol. The molecule has 0 radical (unpaired) electrons. The molecule has 2 heterocycles. The fourth-order valence-corrected chi connectivity index (χ4v) is 2.91. The second-order valence-corrected chi connectivity index (χ2v) is 6.18. The van der Waals surface area contributed by atoms with Crippen LogP contribution < -0.4 is 9.88 Å². The quantitative estimate of drug-likeness (QED) is 0.553. The van der Waals surface area contributed by atoms with Crippen molar-refractivity contribution in [3.63, 3.8) is 0 Å². The van der Waals surface area contributed by atoms with E-state index in [9.17, 15) is 9.90 Å². The molecule has 3 aromatic rings. The molecule has 0 saturated heterocycles. The van der Waals surface area contributed by atoms with Gasteiger partial charge in [0.15, 0.2) is 0 Å². The Morgan fingerprint density at radius 1 is 1.38 bits per heavy atom. The third-order valence-electron chi connectivity index (χ3n) is 4.33. The summed E-state index contributed by atoms with van der Waals surface area (Å²) in [7, 11) is 3.82. The first-order valence-corrected chi connectivity index (χ1v) is 8.04. The molecule has 0 saturated carbocycles. The van der Waals surface area contributed by atoms with Crippen LogP contribution in [0.25, 0.3) is 10.9 Å². The van der Waals surface area contributed by atoms with Crippen LogP contribution in [0, 0.1) is 6.92 Å². The lowest BCUT2D eigenvalue weighted by Crippen LogP contribution is -2.27. The number of imidazole rings is 1. The average Bonchev–Trinajstić information content (AvgIpc) is 3.11. The van der Waals surface area contributed by atoms with E-state index in [4.69, 9.17) is 0 Å². The fourth-order valence-electron chi connectivity index (χ4n) is 2.91. The Morgan fingerprint density at radius 3 is 2.88 bits per heavy atom. The molecule has 3 rings (SSSR count). The number of phenolic OH excluding ortho intramolecular Hbond substituents is 1. The first-order chi connectivity index (χ1) is 11.5. The summed E-state index contributed by atoms with van der Waals surface area (Å²) in [6.45, 7) is 3.31. The molecule has 2 aromatic heterocycles. The van der Waals surface area contributed by atoms with Crippen molar-refractivity contribution in [2.45, 2.75) is 19.9 Å². The molecule has 0 aliphatic heterocycles. The third kappa shape index (κ3) is 2.99. The summed E-state index contributed by atoms with van der Waals surface area (Å²) >= 11 is 0. The summed E-state index contributed by atoms with van der Waals surface area (Å²) < 4.78 is 5.89. The Labute approximate surface area is 140 Å². The number of aryl methyl sites for hydroxylation is 4. The van der Waals surface area contributed by atoms with Crippen LogP contribution >= 0.6 is 0 Å². The van der Waals surface area contributed by atoms with E-state index in [0.29, 0.717) is 17.6 Å². The number of amides is 1. The smallest absolute Gasteiger partial charge is 0.267 e. The summed E-state index contributed by atoms with van der Waals surface area (Å²) in [5.74, 6) is 0.117. The number of phenols is 1. The van der Waals surface area contributed by atoms with Crippen LogP contribution in [0.3, 0.4) is 0 Å². The van der Waals surface area contributed by atoms with Crippen molar-refractivity contribution in [3.8, 4) is 5.75 Å². The molecule has 0 fully saturated rings. The lowest BCUT2D eigenvalue weighted by molar-refractivity contribution is -0.671. The Hall–Kier alpha value is -2.76. The van der Waals surface area contributed by atoms with Crippen molar-refractivity contribution < 1.29 is 14.5 Å². The molecule has 1 amide bonds. The number of nitrogens with one attached hydrogen (secondary N) is 1. The van der Waals surface area contributed by atoms with Gasteiger partial charge < -0.3 is 15.0 Å². The van der Waals surface area contributed by atoms with Crippen LogP contribution in [0.5, 0.6) is 5.75 Å². The molecule has 0 aliphatic carbocycles. The minimum Gasteiger partial charge on any atom is -0.507 e. The second-order valence-electron chi connectivity index (χ2n) is 6.18. The largest absolute Gasteiger partial charge is 0.507 e. The van der Waals surface area contributed by atoms with Gasteiger partial charge in [-0.05, 0) is 24.6 Å². The summed E-state index contributed by atoms with van der Waals surface area (Å²) in [5.41, 5.74) is 2.21. The maximum absolute atomic E-state index is 12.4. The lowest BCUT2D eigenvalue weighted by Gasteiger charge is -2.06. The fraction of sp³-hybridized carbons (Fsp3) is 0.333. The van der Waals surface area contributed by atoms with E-state index in [2.05, 4.69) is 9.88 Å². The van der Waals surface area contributed by atoms with E-state index in [0.717, 1.165) is 24.0 Å². The van der Waals surface area contributed by atoms with Gasteiger partial charge in [-0.2, -0.15) is 0 Å². The van der Waals surface area contributed by atoms with Crippen LogP contribution in [-0.4, -0.2) is 26.7 Å². The predicted octanol–water partition coefficient (Wildman–Crippen LogP) is 1.64. The number of hydrogen-bond acceptors (Lipinski definition) is 2. The highest BCUT2D eigenvalue weighted by molar-refractivity contribution is 6.00. The number of carbonyl (C=O) groups excluding carboxylic acids is 1. The maximum atomic E-state index is 12.4. The molecule has 126 valence electrons. The molecule has 2 N–H and O–H groups in total. The zero-order valence-corrected chi connectivity index (χ0v) is 14.3. The molecule has 1 aromatic carbocycles. The number of nitrogens with zero attached hydrogens (tertiary/aromatic N) is 3. The number of carbonyl (C=O) groups is 1. The van der Waals surface area contributed by atoms with E-state index in [-0.39, 0.29) is 11.7 Å². The van der Waals surface area contributed by atoms with Gasteiger partial charge in [-0.15, -0.1) is 0 Å². The van der Waals surface area contributed by atoms with Gasteiger partial charge in [-0.1, -0.05) is 6.07 Å². The normalized spacial score (nSPS) is 11.1. The summed E-state index contributed by atoms with van der Waals surface area (Å²) in [5, 5.41) is 13.8. The number of rotatable bonds is 5. The van der Waals surface area contributed by atoms with Gasteiger partial charge in [0, 0.05) is 25.4 Å². The van der Waals surface area contributed by atoms with Crippen molar-refractivity contribution in [2.24, 2.45) is 14.1 Å².